The van der Waals surface area contributed by atoms with Gasteiger partial charge in [-0.2, -0.15) is 0 Å². The molecule has 0 amide bonds. The first-order valence-electron chi connectivity index (χ1n) is 19.3. The molecular formula is C39H54O11. The predicted molar refractivity (Wildman–Crippen MR) is 177 cm³/mol. The molecule has 0 aliphatic carbocycles. The second-order valence-electron chi connectivity index (χ2n) is 16.7. The van der Waals surface area contributed by atoms with Crippen LogP contribution in [-0.2, 0) is 52.2 Å². The number of hydrogen-bond donors (Lipinski definition) is 0. The molecule has 0 aromatic rings. The highest BCUT2D eigenvalue weighted by molar-refractivity contribution is 5.79. The Morgan fingerprint density at radius 1 is 0.760 bits per heavy atom. The average molecular weight is 699 g/mol. The lowest BCUT2D eigenvalue weighted by Crippen LogP contribution is -2.61. The van der Waals surface area contributed by atoms with Crippen molar-refractivity contribution in [3.63, 3.8) is 0 Å². The quantitative estimate of drug-likeness (QED) is 0.310. The molecule has 10 aliphatic heterocycles. The van der Waals surface area contributed by atoms with E-state index in [0.717, 1.165) is 62.4 Å². The first-order valence-corrected chi connectivity index (χ1v) is 19.3. The molecule has 1 spiro atoms. The van der Waals surface area contributed by atoms with Gasteiger partial charge in [0.25, 0.3) is 0 Å². The van der Waals surface area contributed by atoms with E-state index in [1.54, 1.807) is 7.11 Å². The molecule has 276 valence electrons. The number of ether oxygens (including phenoxy) is 9. The van der Waals surface area contributed by atoms with E-state index in [0.29, 0.717) is 19.3 Å². The van der Waals surface area contributed by atoms with Crippen LogP contribution in [0.3, 0.4) is 0 Å². The topological polar surface area (TPSA) is 117 Å². The Balaban J connectivity index is 0.996. The number of aldehydes is 1. The molecule has 12 unspecified atom stereocenters. The number of fused-ring (bicyclic) bond motifs is 6. The number of carbonyl (C=O) groups excluding carboxylic acids is 2. The Morgan fingerprint density at radius 2 is 1.52 bits per heavy atom. The van der Waals surface area contributed by atoms with E-state index in [-0.39, 0.29) is 122 Å². The van der Waals surface area contributed by atoms with Crippen molar-refractivity contribution in [1.82, 2.24) is 0 Å². The molecule has 0 radical (unpaired) electrons. The van der Waals surface area contributed by atoms with Gasteiger partial charge in [0, 0.05) is 51.6 Å². The normalized spacial score (nSPS) is 53.2. The van der Waals surface area contributed by atoms with Gasteiger partial charge in [-0.05, 0) is 62.0 Å². The molecule has 0 saturated carbocycles. The van der Waals surface area contributed by atoms with E-state index in [9.17, 15) is 9.59 Å². The summed E-state index contributed by atoms with van der Waals surface area (Å²) >= 11 is 0. The van der Waals surface area contributed by atoms with E-state index in [2.05, 4.69) is 20.1 Å². The van der Waals surface area contributed by atoms with Crippen molar-refractivity contribution in [2.75, 3.05) is 7.11 Å². The standard InChI is InChI=1S/C39H54O11/c1-19-13-23-5-7-27-20(2)14-25(43-27)9-11-39-18-32-35(49-39)36-37(48-32)38(50-39)34-28(47-36)8-6-24(45-34)15-22(41)16-26-31(17-30(44-23)21(19)3)46-29(10-12-40)33(26)42-4/h12,19,23-38H,2-3,5-11,13-18H2,1,4H3/t19?,23?,24?,25-,26?,27-,28?,29?,30?,31?,32?,33+,34-,35?,36-,37?,38?,39-/m0/s1. The summed E-state index contributed by atoms with van der Waals surface area (Å²) in [5, 5.41) is 0. The Morgan fingerprint density at radius 3 is 2.36 bits per heavy atom. The van der Waals surface area contributed by atoms with Crippen LogP contribution in [0.25, 0.3) is 0 Å². The fraction of sp³-hybridized carbons (Fsp3) is 0.846. The van der Waals surface area contributed by atoms with Gasteiger partial charge in [-0.25, -0.2) is 0 Å². The lowest BCUT2D eigenvalue weighted by atomic mass is 9.81. The molecule has 12 bridgehead atoms. The molecular weight excluding hydrogens is 644 g/mol. The van der Waals surface area contributed by atoms with Crippen molar-refractivity contribution in [3.05, 3.63) is 24.3 Å². The number of carbonyl (C=O) groups is 2. The number of methoxy groups -OCH3 is 1. The zero-order chi connectivity index (χ0) is 34.3. The first kappa shape index (κ1) is 34.2. The summed E-state index contributed by atoms with van der Waals surface area (Å²) in [5.74, 6) is -0.608. The Kier molecular flexibility index (Phi) is 9.17. The predicted octanol–water partition coefficient (Wildman–Crippen LogP) is 4.32. The summed E-state index contributed by atoms with van der Waals surface area (Å²) < 4.78 is 59.6. The molecule has 10 rings (SSSR count). The minimum atomic E-state index is -0.776. The van der Waals surface area contributed by atoms with Gasteiger partial charge in [0.05, 0.1) is 61.0 Å². The third-order valence-corrected chi connectivity index (χ3v) is 13.5. The van der Waals surface area contributed by atoms with E-state index in [1.807, 2.05) is 0 Å². The monoisotopic (exact) mass is 698 g/mol. The maximum atomic E-state index is 13.9. The Bertz CT molecular complexity index is 1350. The second-order valence-corrected chi connectivity index (χ2v) is 16.7. The van der Waals surface area contributed by atoms with Crippen molar-refractivity contribution in [1.29, 1.82) is 0 Å². The number of rotatable bonds is 3. The largest absolute Gasteiger partial charge is 0.378 e. The lowest BCUT2D eigenvalue weighted by Gasteiger charge is -2.47. The number of Topliss-reactive ketones (excluding diaryl/α,β-unsaturated/α-hetero) is 1. The zero-order valence-electron chi connectivity index (χ0n) is 29.5. The first-order chi connectivity index (χ1) is 24.2. The SMILES string of the molecule is C=C1C(C)CC2CC[C@@H]3O[C@@H](CC[C@@]45CC6OC7C(O4)[C@H]4OC(CCC4O[C@H]7C6O5)CC(=O)CC4C(CC1O2)OC(CC=O)[C@@H]4OC)CC3=C. The van der Waals surface area contributed by atoms with Crippen molar-refractivity contribution in [3.8, 4) is 0 Å². The van der Waals surface area contributed by atoms with Crippen molar-refractivity contribution < 1.29 is 52.2 Å². The third-order valence-electron chi connectivity index (χ3n) is 13.5. The van der Waals surface area contributed by atoms with Gasteiger partial charge in [0.2, 0.25) is 0 Å². The van der Waals surface area contributed by atoms with Crippen LogP contribution in [0, 0.1) is 11.8 Å². The molecule has 0 aromatic carbocycles. The van der Waals surface area contributed by atoms with Crippen molar-refractivity contribution in [2.24, 2.45) is 11.8 Å². The molecule has 10 aliphatic rings. The van der Waals surface area contributed by atoms with Crippen LogP contribution in [0.1, 0.15) is 90.4 Å². The summed E-state index contributed by atoms with van der Waals surface area (Å²) in [6, 6.07) is 0. The van der Waals surface area contributed by atoms with Gasteiger partial charge < -0.3 is 47.4 Å². The van der Waals surface area contributed by atoms with E-state index >= 15 is 0 Å². The molecule has 10 fully saturated rings. The molecule has 0 N–H and O–H groups in total. The van der Waals surface area contributed by atoms with Crippen LogP contribution in [0.15, 0.2) is 24.3 Å². The van der Waals surface area contributed by atoms with Gasteiger partial charge in [0.15, 0.2) is 5.79 Å². The van der Waals surface area contributed by atoms with Crippen LogP contribution in [0.5, 0.6) is 0 Å². The van der Waals surface area contributed by atoms with Gasteiger partial charge in [-0.15, -0.1) is 0 Å². The van der Waals surface area contributed by atoms with Gasteiger partial charge >= 0.3 is 0 Å². The summed E-state index contributed by atoms with van der Waals surface area (Å²) in [7, 11) is 1.64. The van der Waals surface area contributed by atoms with Crippen LogP contribution in [0.2, 0.25) is 0 Å². The third kappa shape index (κ3) is 6.00. The molecule has 0 aromatic heterocycles. The van der Waals surface area contributed by atoms with Gasteiger partial charge in [0.1, 0.15) is 42.6 Å². The van der Waals surface area contributed by atoms with Gasteiger partial charge in [-0.3, -0.25) is 4.79 Å². The highest BCUT2D eigenvalue weighted by Gasteiger charge is 2.68. The van der Waals surface area contributed by atoms with Crippen LogP contribution in [-0.4, -0.2) is 117 Å². The molecule has 50 heavy (non-hydrogen) atoms. The van der Waals surface area contributed by atoms with Crippen LogP contribution in [0.4, 0.5) is 0 Å². The van der Waals surface area contributed by atoms with E-state index in [1.165, 1.54) is 0 Å². The maximum Gasteiger partial charge on any atom is 0.172 e. The molecule has 11 heteroatoms. The summed E-state index contributed by atoms with van der Waals surface area (Å²) in [6.45, 7) is 11.1. The van der Waals surface area contributed by atoms with Crippen molar-refractivity contribution >= 4 is 12.1 Å². The number of hydrogen-bond acceptors (Lipinski definition) is 11. The molecule has 10 saturated heterocycles. The molecule has 18 atom stereocenters. The molecule has 11 nitrogen and oxygen atoms in total. The summed E-state index contributed by atoms with van der Waals surface area (Å²) in [6.07, 6.45) is 6.39. The highest BCUT2D eigenvalue weighted by Crippen LogP contribution is 2.54. The van der Waals surface area contributed by atoms with Gasteiger partial charge in [-0.1, -0.05) is 20.1 Å². The van der Waals surface area contributed by atoms with Crippen LogP contribution < -0.4 is 0 Å². The second kappa shape index (κ2) is 13.4. The lowest BCUT2D eigenvalue weighted by molar-refractivity contribution is -0.292. The fourth-order valence-corrected chi connectivity index (χ4v) is 11.0. The average Bonchev–Trinajstić information content (AvgIpc) is 3.76. The maximum absolute atomic E-state index is 13.9. The Hall–Kier alpha value is -1.54. The minimum Gasteiger partial charge on any atom is -0.378 e. The minimum absolute atomic E-state index is 0.0117. The fourth-order valence-electron chi connectivity index (χ4n) is 11.0. The highest BCUT2D eigenvalue weighted by atomic mass is 16.8. The van der Waals surface area contributed by atoms with Crippen molar-refractivity contribution in [2.45, 2.75) is 188 Å². The smallest absolute Gasteiger partial charge is 0.172 e. The zero-order valence-corrected chi connectivity index (χ0v) is 29.5. The summed E-state index contributed by atoms with van der Waals surface area (Å²) in [4.78, 5) is 25.6. The summed E-state index contributed by atoms with van der Waals surface area (Å²) in [5.41, 5.74) is 2.20. The molecule has 10 heterocycles. The van der Waals surface area contributed by atoms with E-state index in [4.69, 9.17) is 42.6 Å². The van der Waals surface area contributed by atoms with E-state index < -0.39 is 11.9 Å². The Labute approximate surface area is 295 Å². The number of ketones is 1. The van der Waals surface area contributed by atoms with Crippen LogP contribution >= 0.6 is 0 Å².